The molecule has 1 aliphatic heterocycles. The van der Waals surface area contributed by atoms with Gasteiger partial charge < -0.3 is 40.7 Å². The van der Waals surface area contributed by atoms with Crippen LogP contribution in [0.3, 0.4) is 0 Å². The summed E-state index contributed by atoms with van der Waals surface area (Å²) in [5.41, 5.74) is 0.327. The molecule has 2 aliphatic rings. The predicted molar refractivity (Wildman–Crippen MR) is 157 cm³/mol. The summed E-state index contributed by atoms with van der Waals surface area (Å²) in [6.45, 7) is 3.01. The van der Waals surface area contributed by atoms with Crippen molar-refractivity contribution in [2.45, 2.75) is 102 Å². The van der Waals surface area contributed by atoms with Crippen LogP contribution in [0.1, 0.15) is 81.1 Å². The van der Waals surface area contributed by atoms with E-state index in [1.165, 1.54) is 34.8 Å². The van der Waals surface area contributed by atoms with Gasteiger partial charge in [-0.2, -0.15) is 0 Å². The number of aromatic hydroxyl groups is 1. The number of aliphatic hydroxyl groups excluding tert-OH is 3. The van der Waals surface area contributed by atoms with E-state index in [9.17, 15) is 34.8 Å². The zero-order valence-electron chi connectivity index (χ0n) is 25.2. The molecule has 4 rings (SSSR count). The molecule has 2 heterocycles. The van der Waals surface area contributed by atoms with Gasteiger partial charge in [0.15, 0.2) is 6.23 Å². The number of aliphatic hydroxyl groups is 3. The monoisotopic (exact) mass is 616 g/mol. The summed E-state index contributed by atoms with van der Waals surface area (Å²) in [4.78, 5) is 41.2. The number of rotatable bonds is 12. The fourth-order valence-corrected chi connectivity index (χ4v) is 6.06. The van der Waals surface area contributed by atoms with Crippen molar-refractivity contribution < 1.29 is 39.5 Å². The molecule has 242 valence electrons. The third kappa shape index (κ3) is 7.73. The number of hydrogen-bond donors (Lipinski definition) is 6. The van der Waals surface area contributed by atoms with E-state index < -0.39 is 55.0 Å². The van der Waals surface area contributed by atoms with Crippen LogP contribution in [-0.2, 0) is 20.9 Å². The summed E-state index contributed by atoms with van der Waals surface area (Å²) < 4.78 is 7.06. The van der Waals surface area contributed by atoms with Crippen LogP contribution in [0.5, 0.6) is 5.75 Å². The van der Waals surface area contributed by atoms with Crippen LogP contribution in [-0.4, -0.2) is 102 Å². The van der Waals surface area contributed by atoms with E-state index in [4.69, 9.17) is 4.74 Å². The highest BCUT2D eigenvalue weighted by Gasteiger charge is 2.46. The lowest BCUT2D eigenvalue weighted by molar-refractivity contribution is -0.219. The first-order valence-electron chi connectivity index (χ1n) is 15.3. The lowest BCUT2D eigenvalue weighted by Crippen LogP contribution is -2.62. The molecule has 44 heavy (non-hydrogen) atoms. The highest BCUT2D eigenvalue weighted by atomic mass is 16.5. The molecule has 6 atom stereocenters. The topological polar surface area (TPSA) is 199 Å². The Balaban J connectivity index is 1.70. The largest absolute Gasteiger partial charge is 0.507 e. The molecule has 1 saturated heterocycles. The molecule has 2 aromatic rings. The number of amides is 3. The van der Waals surface area contributed by atoms with Gasteiger partial charge in [0.2, 0.25) is 11.8 Å². The number of ether oxygens (including phenoxy) is 1. The van der Waals surface area contributed by atoms with Crippen LogP contribution in [0.2, 0.25) is 0 Å². The second-order valence-corrected chi connectivity index (χ2v) is 11.6. The number of phenolic OH excluding ortho intramolecular Hbond substituents is 1. The van der Waals surface area contributed by atoms with E-state index in [1.807, 2.05) is 6.92 Å². The van der Waals surface area contributed by atoms with Crippen molar-refractivity contribution in [1.29, 1.82) is 0 Å². The maximum atomic E-state index is 14.1. The van der Waals surface area contributed by atoms with Crippen LogP contribution in [0.15, 0.2) is 30.5 Å². The summed E-state index contributed by atoms with van der Waals surface area (Å²) in [5, 5.41) is 55.3. The fourth-order valence-electron chi connectivity index (χ4n) is 6.06. The Hall–Kier alpha value is -3.59. The first-order chi connectivity index (χ1) is 21.2. The molecule has 6 N–H and O–H groups in total. The Morgan fingerprint density at radius 3 is 2.52 bits per heavy atom. The highest BCUT2D eigenvalue weighted by Crippen LogP contribution is 2.33. The molecular weight excluding hydrogens is 572 g/mol. The van der Waals surface area contributed by atoms with E-state index >= 15 is 0 Å². The maximum absolute atomic E-state index is 14.1. The summed E-state index contributed by atoms with van der Waals surface area (Å²) in [6, 6.07) is 4.20. The number of hydrogen-bond acceptors (Lipinski definition) is 10. The lowest BCUT2D eigenvalue weighted by Gasteiger charge is -2.42. The average molecular weight is 617 g/mol. The zero-order chi connectivity index (χ0) is 31.8. The smallest absolute Gasteiger partial charge is 0.258 e. The molecule has 0 bridgehead atoms. The van der Waals surface area contributed by atoms with Gasteiger partial charge in [0.25, 0.3) is 5.91 Å². The minimum absolute atomic E-state index is 0.0475. The Morgan fingerprint density at radius 2 is 1.86 bits per heavy atom. The Morgan fingerprint density at radius 1 is 1.14 bits per heavy atom. The van der Waals surface area contributed by atoms with Crippen LogP contribution in [0, 0.1) is 5.92 Å². The van der Waals surface area contributed by atoms with Gasteiger partial charge in [-0.25, -0.2) is 4.68 Å². The van der Waals surface area contributed by atoms with E-state index in [-0.39, 0.29) is 35.4 Å². The van der Waals surface area contributed by atoms with Gasteiger partial charge in [-0.3, -0.25) is 14.4 Å². The van der Waals surface area contributed by atoms with E-state index in [0.29, 0.717) is 6.54 Å². The van der Waals surface area contributed by atoms with Crippen LogP contribution in [0.25, 0.3) is 0 Å². The van der Waals surface area contributed by atoms with Crippen molar-refractivity contribution in [2.75, 3.05) is 13.2 Å². The number of phenols is 1. The number of unbranched alkanes of at least 4 members (excludes halogenated alkanes) is 1. The van der Waals surface area contributed by atoms with Gasteiger partial charge in [-0.1, -0.05) is 50.0 Å². The molecule has 0 spiro atoms. The number of benzene rings is 1. The summed E-state index contributed by atoms with van der Waals surface area (Å²) in [5.74, 6) is -1.62. The quantitative estimate of drug-likeness (QED) is 0.184. The third-order valence-corrected chi connectivity index (χ3v) is 8.35. The molecule has 14 nitrogen and oxygen atoms in total. The Labute approximate surface area is 256 Å². The highest BCUT2D eigenvalue weighted by molar-refractivity contribution is 5.99. The van der Waals surface area contributed by atoms with E-state index in [1.54, 1.807) is 12.1 Å². The number of carbonyl (C=O) groups excluding carboxylic acids is 3. The minimum Gasteiger partial charge on any atom is -0.507 e. The average Bonchev–Trinajstić information content (AvgIpc) is 3.48. The Kier molecular flexibility index (Phi) is 11.7. The maximum Gasteiger partial charge on any atom is 0.258 e. The normalized spacial score (nSPS) is 24.8. The van der Waals surface area contributed by atoms with Crippen LogP contribution in [0.4, 0.5) is 0 Å². The number of carbonyl (C=O) groups is 3. The molecule has 0 radical (unpaired) electrons. The molecule has 6 unspecified atom stereocenters. The molecule has 1 saturated carbocycles. The second-order valence-electron chi connectivity index (χ2n) is 11.6. The van der Waals surface area contributed by atoms with E-state index in [0.717, 1.165) is 44.9 Å². The number of nitrogens with zero attached hydrogens (tertiary/aromatic N) is 4. The lowest BCUT2D eigenvalue weighted by atomic mass is 9.82. The van der Waals surface area contributed by atoms with Gasteiger partial charge in [0.1, 0.15) is 41.8 Å². The molecule has 2 fully saturated rings. The van der Waals surface area contributed by atoms with Crippen LogP contribution >= 0.6 is 0 Å². The minimum atomic E-state index is -1.48. The first kappa shape index (κ1) is 33.3. The number of aromatic nitrogens is 3. The van der Waals surface area contributed by atoms with Crippen molar-refractivity contribution in [3.63, 3.8) is 0 Å². The van der Waals surface area contributed by atoms with Gasteiger partial charge in [0, 0.05) is 13.5 Å². The molecule has 1 aromatic heterocycles. The van der Waals surface area contributed by atoms with Crippen molar-refractivity contribution in [1.82, 2.24) is 30.5 Å². The van der Waals surface area contributed by atoms with Crippen molar-refractivity contribution in [3.05, 3.63) is 41.7 Å². The SMILES string of the molecule is CCCCNC(=O)C(C1CCCCC1)N(Cc1cn(C2OC(CO)C(O)C(O)C2NC(C)=O)nn1)C(=O)c1ccccc1O. The van der Waals surface area contributed by atoms with E-state index in [2.05, 4.69) is 20.9 Å². The first-order valence-corrected chi connectivity index (χ1v) is 15.3. The second kappa shape index (κ2) is 15.4. The predicted octanol–water partition coefficient (Wildman–Crippen LogP) is 0.608. The zero-order valence-corrected chi connectivity index (χ0v) is 25.2. The molecule has 14 heteroatoms. The molecule has 1 aliphatic carbocycles. The van der Waals surface area contributed by atoms with Gasteiger partial charge in [0.05, 0.1) is 24.9 Å². The third-order valence-electron chi connectivity index (χ3n) is 8.35. The fraction of sp³-hybridized carbons (Fsp3) is 0.633. The molecule has 1 aromatic carbocycles. The number of nitrogens with one attached hydrogen (secondary N) is 2. The molecule has 3 amide bonds. The summed E-state index contributed by atoms with van der Waals surface area (Å²) in [7, 11) is 0. The van der Waals surface area contributed by atoms with Crippen molar-refractivity contribution in [2.24, 2.45) is 5.92 Å². The Bertz CT molecular complexity index is 1270. The summed E-state index contributed by atoms with van der Waals surface area (Å²) >= 11 is 0. The van der Waals surface area contributed by atoms with Crippen molar-refractivity contribution in [3.8, 4) is 5.75 Å². The molecular formula is C30H44N6O8. The number of para-hydroxylation sites is 1. The van der Waals surface area contributed by atoms with Crippen LogP contribution < -0.4 is 10.6 Å². The summed E-state index contributed by atoms with van der Waals surface area (Å²) in [6.07, 6.45) is 2.34. The standard InChI is InChI=1S/C30H44N6O8/c1-3-4-14-31-28(42)25(19-10-6-5-7-11-19)35(29(43)21-12-8-9-13-22(21)39)15-20-16-36(34-33-20)30-24(32-18(2)38)27(41)26(40)23(17-37)44-30/h8-9,12-13,16,19,23-27,30,37,39-41H,3-7,10-11,14-15,17H2,1-2H3,(H,31,42)(H,32,38). The van der Waals surface area contributed by atoms with Gasteiger partial charge >= 0.3 is 0 Å². The van der Waals surface area contributed by atoms with Gasteiger partial charge in [-0.15, -0.1) is 5.10 Å². The van der Waals surface area contributed by atoms with Crippen molar-refractivity contribution >= 4 is 17.7 Å². The van der Waals surface area contributed by atoms with Gasteiger partial charge in [-0.05, 0) is 37.3 Å².